The van der Waals surface area contributed by atoms with Gasteiger partial charge < -0.3 is 9.47 Å². The van der Waals surface area contributed by atoms with Crippen molar-refractivity contribution in [1.29, 1.82) is 5.26 Å². The molecule has 1 unspecified atom stereocenters. The van der Waals surface area contributed by atoms with E-state index in [4.69, 9.17) is 14.7 Å². The molecule has 4 nitrogen and oxygen atoms in total. The van der Waals surface area contributed by atoms with Gasteiger partial charge >= 0.3 is 0 Å². The maximum atomic E-state index is 8.75. The van der Waals surface area contributed by atoms with Crippen molar-refractivity contribution in [2.24, 2.45) is 0 Å². The summed E-state index contributed by atoms with van der Waals surface area (Å²) in [5, 5.41) is 9.70. The summed E-state index contributed by atoms with van der Waals surface area (Å²) in [6.07, 6.45) is 3.54. The zero-order chi connectivity index (χ0) is 16.9. The average molecular weight is 336 g/mol. The van der Waals surface area contributed by atoms with Crippen LogP contribution in [0.5, 0.6) is 11.5 Å². The number of methoxy groups -OCH3 is 1. The Morgan fingerprint density at radius 2 is 1.88 bits per heavy atom. The first kappa shape index (κ1) is 16.0. The standard InChI is InChI=1S/C19H16N2O2S/c1-13(12-20)23-15-6-3-14(4-7-15)5-10-19-21-17-9-8-16(22-2)11-18(17)24-19/h3-11,13H,1-2H3/b10-5+. The zero-order valence-electron chi connectivity index (χ0n) is 13.4. The molecule has 0 amide bonds. The number of nitrogens with zero attached hydrogens (tertiary/aromatic N) is 2. The van der Waals surface area contributed by atoms with Crippen molar-refractivity contribution in [1.82, 2.24) is 4.98 Å². The fourth-order valence-electron chi connectivity index (χ4n) is 2.18. The van der Waals surface area contributed by atoms with Crippen molar-refractivity contribution < 1.29 is 9.47 Å². The Hall–Kier alpha value is -2.84. The van der Waals surface area contributed by atoms with E-state index in [1.165, 1.54) is 0 Å². The van der Waals surface area contributed by atoms with Crippen LogP contribution in [0.1, 0.15) is 17.5 Å². The molecule has 0 fully saturated rings. The molecule has 0 saturated carbocycles. The topological polar surface area (TPSA) is 55.1 Å². The molecule has 1 atom stereocenters. The number of ether oxygens (including phenoxy) is 2. The van der Waals surface area contributed by atoms with E-state index in [0.717, 1.165) is 26.5 Å². The minimum atomic E-state index is -0.453. The Morgan fingerprint density at radius 1 is 1.12 bits per heavy atom. The number of fused-ring (bicyclic) bond motifs is 1. The summed E-state index contributed by atoms with van der Waals surface area (Å²) in [6, 6.07) is 15.5. The second-order valence-electron chi connectivity index (χ2n) is 5.18. The minimum absolute atomic E-state index is 0.453. The molecule has 0 N–H and O–H groups in total. The van der Waals surface area contributed by atoms with Gasteiger partial charge in [0.15, 0.2) is 6.10 Å². The highest BCUT2D eigenvalue weighted by Gasteiger charge is 2.03. The molecule has 0 bridgehead atoms. The van der Waals surface area contributed by atoms with Crippen LogP contribution in [-0.2, 0) is 0 Å². The minimum Gasteiger partial charge on any atom is -0.497 e. The molecule has 5 heteroatoms. The van der Waals surface area contributed by atoms with Crippen molar-refractivity contribution in [3.05, 3.63) is 53.0 Å². The summed E-state index contributed by atoms with van der Waals surface area (Å²) < 4.78 is 11.8. The van der Waals surface area contributed by atoms with E-state index in [0.29, 0.717) is 5.75 Å². The van der Waals surface area contributed by atoms with E-state index < -0.39 is 6.10 Å². The first-order valence-electron chi connectivity index (χ1n) is 7.47. The Morgan fingerprint density at radius 3 is 2.58 bits per heavy atom. The van der Waals surface area contributed by atoms with E-state index >= 15 is 0 Å². The molecule has 24 heavy (non-hydrogen) atoms. The van der Waals surface area contributed by atoms with Gasteiger partial charge in [0, 0.05) is 0 Å². The number of nitriles is 1. The van der Waals surface area contributed by atoms with Crippen LogP contribution < -0.4 is 9.47 Å². The highest BCUT2D eigenvalue weighted by molar-refractivity contribution is 7.19. The van der Waals surface area contributed by atoms with Gasteiger partial charge in [-0.05, 0) is 48.9 Å². The predicted molar refractivity (Wildman–Crippen MR) is 97.2 cm³/mol. The second kappa shape index (κ2) is 7.16. The highest BCUT2D eigenvalue weighted by atomic mass is 32.1. The number of aromatic nitrogens is 1. The molecule has 0 spiro atoms. The van der Waals surface area contributed by atoms with Crippen LogP contribution >= 0.6 is 11.3 Å². The average Bonchev–Trinajstić information content (AvgIpc) is 3.02. The van der Waals surface area contributed by atoms with Gasteiger partial charge in [-0.2, -0.15) is 5.26 Å². The van der Waals surface area contributed by atoms with Crippen molar-refractivity contribution in [3.63, 3.8) is 0 Å². The molecular formula is C19H16N2O2S. The largest absolute Gasteiger partial charge is 0.497 e. The highest BCUT2D eigenvalue weighted by Crippen LogP contribution is 2.27. The summed E-state index contributed by atoms with van der Waals surface area (Å²) in [5.74, 6) is 1.53. The molecule has 0 aliphatic heterocycles. The lowest BCUT2D eigenvalue weighted by molar-refractivity contribution is 0.276. The van der Waals surface area contributed by atoms with Gasteiger partial charge in [-0.25, -0.2) is 4.98 Å². The molecule has 0 saturated heterocycles. The lowest BCUT2D eigenvalue weighted by atomic mass is 10.2. The van der Waals surface area contributed by atoms with Crippen molar-refractivity contribution in [2.45, 2.75) is 13.0 Å². The van der Waals surface area contributed by atoms with Gasteiger partial charge in [0.25, 0.3) is 0 Å². The summed E-state index contributed by atoms with van der Waals surface area (Å²) in [5.41, 5.74) is 2.01. The van der Waals surface area contributed by atoms with Crippen molar-refractivity contribution in [2.75, 3.05) is 7.11 Å². The Labute approximate surface area is 144 Å². The third-order valence-corrected chi connectivity index (χ3v) is 4.39. The number of hydrogen-bond donors (Lipinski definition) is 0. The summed E-state index contributed by atoms with van der Waals surface area (Å²) >= 11 is 1.62. The first-order chi connectivity index (χ1) is 11.7. The number of thiazole rings is 1. The molecule has 1 aromatic heterocycles. The van der Waals surface area contributed by atoms with Crippen LogP contribution in [0.2, 0.25) is 0 Å². The smallest absolute Gasteiger partial charge is 0.181 e. The van der Waals surface area contributed by atoms with E-state index in [-0.39, 0.29) is 0 Å². The molecular weight excluding hydrogens is 320 g/mol. The van der Waals surface area contributed by atoms with Crippen molar-refractivity contribution in [3.8, 4) is 17.6 Å². The number of benzene rings is 2. The van der Waals surface area contributed by atoms with Gasteiger partial charge in [0.2, 0.25) is 0 Å². The Balaban J connectivity index is 1.74. The van der Waals surface area contributed by atoms with Crippen LogP contribution in [0, 0.1) is 11.3 Å². The third-order valence-electron chi connectivity index (χ3n) is 3.41. The molecule has 2 aromatic carbocycles. The van der Waals surface area contributed by atoms with E-state index in [9.17, 15) is 0 Å². The molecule has 3 rings (SSSR count). The molecule has 120 valence electrons. The van der Waals surface area contributed by atoms with Gasteiger partial charge in [-0.15, -0.1) is 11.3 Å². The zero-order valence-corrected chi connectivity index (χ0v) is 14.2. The SMILES string of the molecule is COc1ccc2nc(/C=C/c3ccc(OC(C)C#N)cc3)sc2c1. The van der Waals surface area contributed by atoms with Crippen LogP contribution in [0.4, 0.5) is 0 Å². The van der Waals surface area contributed by atoms with Gasteiger partial charge in [0.05, 0.1) is 17.3 Å². The summed E-state index contributed by atoms with van der Waals surface area (Å²) in [4.78, 5) is 4.59. The van der Waals surface area contributed by atoms with Crippen LogP contribution in [0.15, 0.2) is 42.5 Å². The maximum Gasteiger partial charge on any atom is 0.181 e. The molecule has 0 aliphatic carbocycles. The fourth-order valence-corrected chi connectivity index (χ4v) is 3.08. The van der Waals surface area contributed by atoms with Crippen LogP contribution in [0.3, 0.4) is 0 Å². The number of hydrogen-bond acceptors (Lipinski definition) is 5. The second-order valence-corrected chi connectivity index (χ2v) is 6.24. The first-order valence-corrected chi connectivity index (χ1v) is 8.28. The van der Waals surface area contributed by atoms with Gasteiger partial charge in [-0.3, -0.25) is 0 Å². The normalized spacial score (nSPS) is 12.2. The Bertz CT molecular complexity index is 907. The molecule has 0 aliphatic rings. The van der Waals surface area contributed by atoms with Crippen molar-refractivity contribution >= 4 is 33.7 Å². The molecule has 1 heterocycles. The van der Waals surface area contributed by atoms with Gasteiger partial charge in [-0.1, -0.05) is 18.2 Å². The van der Waals surface area contributed by atoms with Gasteiger partial charge in [0.1, 0.15) is 22.6 Å². The lowest BCUT2D eigenvalue weighted by Crippen LogP contribution is -2.07. The maximum absolute atomic E-state index is 8.75. The Kier molecular flexibility index (Phi) is 4.78. The van der Waals surface area contributed by atoms with Crippen LogP contribution in [-0.4, -0.2) is 18.2 Å². The quantitative estimate of drug-likeness (QED) is 0.673. The number of rotatable bonds is 5. The fraction of sp³-hybridized carbons (Fsp3) is 0.158. The van der Waals surface area contributed by atoms with E-state index in [2.05, 4.69) is 4.98 Å². The predicted octanol–water partition coefficient (Wildman–Crippen LogP) is 4.77. The molecule has 0 radical (unpaired) electrons. The van der Waals surface area contributed by atoms with Crippen LogP contribution in [0.25, 0.3) is 22.4 Å². The van der Waals surface area contributed by atoms with E-state index in [1.54, 1.807) is 25.4 Å². The summed E-state index contributed by atoms with van der Waals surface area (Å²) in [7, 11) is 1.66. The van der Waals surface area contributed by atoms with E-state index in [1.807, 2.05) is 60.7 Å². The third kappa shape index (κ3) is 3.73. The monoisotopic (exact) mass is 336 g/mol. The summed E-state index contributed by atoms with van der Waals surface area (Å²) in [6.45, 7) is 1.72. The molecule has 3 aromatic rings. The lowest BCUT2D eigenvalue weighted by Gasteiger charge is -2.07.